The number of aromatic nitrogens is 2. The number of Topliss-reactive ketones (excluding diaryl/α,β-unsaturated/α-hetero) is 1. The number of hydrogen-bond donors (Lipinski definition) is 1. The molecule has 2 aromatic carbocycles. The molecule has 1 unspecified atom stereocenters. The van der Waals surface area contributed by atoms with Crippen LogP contribution >= 0.6 is 0 Å². The lowest BCUT2D eigenvalue weighted by molar-refractivity contribution is -0.119. The Balaban J connectivity index is 1.87. The molecule has 3 rings (SSSR count). The summed E-state index contributed by atoms with van der Waals surface area (Å²) in [6, 6.07) is 18.4. The van der Waals surface area contributed by atoms with Crippen LogP contribution in [0.4, 0.5) is 5.69 Å². The molecule has 1 amide bonds. The maximum Gasteiger partial charge on any atom is 0.267 e. The van der Waals surface area contributed by atoms with Crippen LogP contribution in [0, 0.1) is 0 Å². The number of anilines is 1. The molecule has 1 N–H and O–H groups in total. The molecular formula is C22H21N3O3. The average molecular weight is 375 g/mol. The van der Waals surface area contributed by atoms with Crippen LogP contribution in [0.5, 0.6) is 0 Å². The highest BCUT2D eigenvalue weighted by atomic mass is 16.2. The summed E-state index contributed by atoms with van der Waals surface area (Å²) in [5.41, 5.74) is 2.27. The summed E-state index contributed by atoms with van der Waals surface area (Å²) < 4.78 is 1.22. The van der Waals surface area contributed by atoms with Crippen molar-refractivity contribution in [2.75, 3.05) is 5.32 Å². The molecule has 3 aromatic rings. The van der Waals surface area contributed by atoms with E-state index in [0.29, 0.717) is 23.4 Å². The van der Waals surface area contributed by atoms with Gasteiger partial charge in [-0.15, -0.1) is 0 Å². The van der Waals surface area contributed by atoms with E-state index in [9.17, 15) is 14.4 Å². The van der Waals surface area contributed by atoms with Crippen molar-refractivity contribution in [1.82, 2.24) is 9.78 Å². The Hall–Kier alpha value is -3.54. The molecule has 1 aromatic heterocycles. The Labute approximate surface area is 162 Å². The fourth-order valence-corrected chi connectivity index (χ4v) is 2.89. The van der Waals surface area contributed by atoms with Crippen LogP contribution < -0.4 is 10.9 Å². The van der Waals surface area contributed by atoms with Crippen molar-refractivity contribution >= 4 is 17.4 Å². The maximum absolute atomic E-state index is 12.8. The molecule has 0 bridgehead atoms. The van der Waals surface area contributed by atoms with Gasteiger partial charge in [0.2, 0.25) is 5.91 Å². The van der Waals surface area contributed by atoms with Crippen molar-refractivity contribution in [3.63, 3.8) is 0 Å². The number of amides is 1. The SMILES string of the molecule is CCC(C(=O)Nc1ccc(C(C)=O)cc1)n1nc(-c2ccccc2)ccc1=O. The van der Waals surface area contributed by atoms with E-state index >= 15 is 0 Å². The number of carbonyl (C=O) groups excluding carboxylic acids is 2. The highest BCUT2D eigenvalue weighted by molar-refractivity contribution is 5.96. The summed E-state index contributed by atoms with van der Waals surface area (Å²) in [6.45, 7) is 3.31. The van der Waals surface area contributed by atoms with Gasteiger partial charge in [-0.1, -0.05) is 37.3 Å². The second kappa shape index (κ2) is 8.43. The smallest absolute Gasteiger partial charge is 0.267 e. The predicted molar refractivity (Wildman–Crippen MR) is 108 cm³/mol. The van der Waals surface area contributed by atoms with E-state index < -0.39 is 6.04 Å². The van der Waals surface area contributed by atoms with Gasteiger partial charge in [-0.05, 0) is 43.7 Å². The molecule has 0 fully saturated rings. The molecule has 1 heterocycles. The summed E-state index contributed by atoms with van der Waals surface area (Å²) >= 11 is 0. The molecule has 0 spiro atoms. The van der Waals surface area contributed by atoms with Crippen LogP contribution in [0.15, 0.2) is 71.5 Å². The summed E-state index contributed by atoms with van der Waals surface area (Å²) in [5.74, 6) is -0.379. The molecule has 0 aliphatic carbocycles. The summed E-state index contributed by atoms with van der Waals surface area (Å²) in [6.07, 6.45) is 0.405. The van der Waals surface area contributed by atoms with Crippen molar-refractivity contribution in [3.8, 4) is 11.3 Å². The van der Waals surface area contributed by atoms with Crippen molar-refractivity contribution in [2.45, 2.75) is 26.3 Å². The molecule has 0 aliphatic heterocycles. The second-order valence-corrected chi connectivity index (χ2v) is 6.41. The highest BCUT2D eigenvalue weighted by Crippen LogP contribution is 2.18. The number of rotatable bonds is 6. The normalized spacial score (nSPS) is 11.6. The van der Waals surface area contributed by atoms with E-state index in [1.54, 1.807) is 30.3 Å². The van der Waals surface area contributed by atoms with Crippen molar-refractivity contribution < 1.29 is 9.59 Å². The fraction of sp³-hybridized carbons (Fsp3) is 0.182. The van der Waals surface area contributed by atoms with Crippen LogP contribution in [0.3, 0.4) is 0 Å². The van der Waals surface area contributed by atoms with E-state index in [1.165, 1.54) is 17.7 Å². The number of hydrogen-bond acceptors (Lipinski definition) is 4. The van der Waals surface area contributed by atoms with E-state index in [1.807, 2.05) is 37.3 Å². The zero-order valence-electron chi connectivity index (χ0n) is 15.8. The average Bonchev–Trinajstić information content (AvgIpc) is 2.71. The topological polar surface area (TPSA) is 81.1 Å². The first-order chi connectivity index (χ1) is 13.5. The first-order valence-electron chi connectivity index (χ1n) is 9.06. The minimum absolute atomic E-state index is 0.0437. The van der Waals surface area contributed by atoms with Crippen molar-refractivity contribution in [1.29, 1.82) is 0 Å². The van der Waals surface area contributed by atoms with Crippen LogP contribution in [0.1, 0.15) is 36.7 Å². The predicted octanol–water partition coefficient (Wildman–Crippen LogP) is 3.70. The minimum atomic E-state index is -0.747. The van der Waals surface area contributed by atoms with Gasteiger partial charge in [-0.3, -0.25) is 14.4 Å². The molecule has 1 atom stereocenters. The molecule has 0 radical (unpaired) electrons. The lowest BCUT2D eigenvalue weighted by atomic mass is 10.1. The lowest BCUT2D eigenvalue weighted by Crippen LogP contribution is -2.34. The van der Waals surface area contributed by atoms with Gasteiger partial charge in [0.1, 0.15) is 6.04 Å². The second-order valence-electron chi connectivity index (χ2n) is 6.41. The molecule has 0 saturated heterocycles. The van der Waals surface area contributed by atoms with Crippen molar-refractivity contribution in [3.05, 3.63) is 82.6 Å². The largest absolute Gasteiger partial charge is 0.324 e. The Morgan fingerprint density at radius 1 is 1.00 bits per heavy atom. The van der Waals surface area contributed by atoms with Gasteiger partial charge < -0.3 is 5.32 Å². The van der Waals surface area contributed by atoms with E-state index in [2.05, 4.69) is 10.4 Å². The summed E-state index contributed by atoms with van der Waals surface area (Å²) in [7, 11) is 0. The molecule has 0 saturated carbocycles. The quantitative estimate of drug-likeness (QED) is 0.666. The molecule has 6 heteroatoms. The first-order valence-corrected chi connectivity index (χ1v) is 9.06. The van der Waals surface area contributed by atoms with Gasteiger partial charge in [-0.2, -0.15) is 5.10 Å². The minimum Gasteiger partial charge on any atom is -0.324 e. The van der Waals surface area contributed by atoms with Gasteiger partial charge >= 0.3 is 0 Å². The lowest BCUT2D eigenvalue weighted by Gasteiger charge is -2.17. The third-order valence-corrected chi connectivity index (χ3v) is 4.44. The maximum atomic E-state index is 12.8. The van der Waals surface area contributed by atoms with E-state index in [-0.39, 0.29) is 17.2 Å². The third kappa shape index (κ3) is 4.23. The van der Waals surface area contributed by atoms with Crippen LogP contribution in [-0.2, 0) is 4.79 Å². The zero-order valence-corrected chi connectivity index (χ0v) is 15.8. The standard InChI is InChI=1S/C22H21N3O3/c1-3-20(22(28)23-18-11-9-16(10-12-18)15(2)26)25-21(27)14-13-19(24-25)17-7-5-4-6-8-17/h4-14,20H,3H2,1-2H3,(H,23,28). The third-order valence-electron chi connectivity index (χ3n) is 4.44. The van der Waals surface area contributed by atoms with Gasteiger partial charge in [-0.25, -0.2) is 4.68 Å². The number of benzene rings is 2. The van der Waals surface area contributed by atoms with Gasteiger partial charge in [0.05, 0.1) is 5.69 Å². The molecule has 6 nitrogen and oxygen atoms in total. The number of ketones is 1. The Bertz CT molecular complexity index is 1040. The highest BCUT2D eigenvalue weighted by Gasteiger charge is 2.21. The molecule has 0 aliphatic rings. The Morgan fingerprint density at radius 3 is 2.29 bits per heavy atom. The van der Waals surface area contributed by atoms with Gasteiger partial charge in [0.25, 0.3) is 5.56 Å². The van der Waals surface area contributed by atoms with Crippen LogP contribution in [0.2, 0.25) is 0 Å². The first kappa shape index (κ1) is 19.2. The van der Waals surface area contributed by atoms with E-state index in [4.69, 9.17) is 0 Å². The molecule has 142 valence electrons. The Morgan fingerprint density at radius 2 is 1.68 bits per heavy atom. The molecule has 28 heavy (non-hydrogen) atoms. The van der Waals surface area contributed by atoms with Crippen LogP contribution in [0.25, 0.3) is 11.3 Å². The summed E-state index contributed by atoms with van der Waals surface area (Å²) in [5, 5.41) is 7.21. The number of nitrogens with one attached hydrogen (secondary N) is 1. The van der Waals surface area contributed by atoms with Crippen LogP contribution in [-0.4, -0.2) is 21.5 Å². The van der Waals surface area contributed by atoms with Gasteiger partial charge in [0.15, 0.2) is 5.78 Å². The Kier molecular flexibility index (Phi) is 5.79. The number of nitrogens with zero attached hydrogens (tertiary/aromatic N) is 2. The van der Waals surface area contributed by atoms with Crippen molar-refractivity contribution in [2.24, 2.45) is 0 Å². The van der Waals surface area contributed by atoms with E-state index in [0.717, 1.165) is 5.56 Å². The zero-order chi connectivity index (χ0) is 20.1. The van der Waals surface area contributed by atoms with Gasteiger partial charge in [0, 0.05) is 22.9 Å². The summed E-state index contributed by atoms with van der Waals surface area (Å²) in [4.78, 5) is 36.5. The number of carbonyl (C=O) groups is 2. The molecular weight excluding hydrogens is 354 g/mol. The fourth-order valence-electron chi connectivity index (χ4n) is 2.89. The monoisotopic (exact) mass is 375 g/mol.